The van der Waals surface area contributed by atoms with E-state index in [1.165, 1.54) is 0 Å². The zero-order valence-corrected chi connectivity index (χ0v) is 11.7. The summed E-state index contributed by atoms with van der Waals surface area (Å²) in [6.07, 6.45) is 3.49. The average molecular weight is 275 g/mol. The van der Waals surface area contributed by atoms with Crippen LogP contribution in [0.15, 0.2) is 25.3 Å². The third-order valence-corrected chi connectivity index (χ3v) is 1.33. The molecule has 19 heavy (non-hydrogen) atoms. The second-order valence-electron chi connectivity index (χ2n) is 3.24. The molecule has 0 rings (SSSR count). The maximum Gasteiger partial charge on any atom is 0.320 e. The Morgan fingerprint density at radius 1 is 1.32 bits per heavy atom. The molecule has 0 amide bonds. The number of aliphatic carboxylic acids is 1. The summed E-state index contributed by atoms with van der Waals surface area (Å²) in [5.41, 5.74) is 5.14. The summed E-state index contributed by atoms with van der Waals surface area (Å²) in [6, 6.07) is -1.04. The van der Waals surface area contributed by atoms with Crippen molar-refractivity contribution in [2.45, 2.75) is 32.7 Å². The highest BCUT2D eigenvalue weighted by Gasteiger charge is 2.13. The van der Waals surface area contributed by atoms with E-state index < -0.39 is 18.0 Å². The van der Waals surface area contributed by atoms with Crippen molar-refractivity contribution in [3.63, 3.8) is 0 Å². The molecule has 0 saturated heterocycles. The molecule has 0 heterocycles. The number of carbonyl (C=O) groups is 2. The fraction of sp³-hybridized carbons (Fsp3) is 0.538. The predicted octanol–water partition coefficient (Wildman–Crippen LogP) is 1.10. The van der Waals surface area contributed by atoms with Crippen molar-refractivity contribution in [1.82, 2.24) is 0 Å². The first kappa shape index (κ1) is 22.5. The molecule has 0 radical (unpaired) electrons. The van der Waals surface area contributed by atoms with Crippen LogP contribution in [-0.4, -0.2) is 41.4 Å². The van der Waals surface area contributed by atoms with Gasteiger partial charge in [-0.25, -0.2) is 0 Å². The number of allylic oxidation sites excluding steroid dienone is 2. The van der Waals surface area contributed by atoms with Crippen molar-refractivity contribution in [2.75, 3.05) is 13.2 Å². The topological polar surface area (TPSA) is 110 Å². The van der Waals surface area contributed by atoms with Crippen LogP contribution in [0.1, 0.15) is 26.7 Å². The standard InChI is InChI=1S/C7H13NO5.2C3H6/c8-5(7(11)12)1-2-6(10)13-4-3-9;2*1-3-2/h5,9H,1-4,8H2,(H,11,12);2*3H,1H2,2H3. The SMILES string of the molecule is C=CC.C=CC.NC(CCC(=O)OCCO)C(=O)O. The summed E-state index contributed by atoms with van der Waals surface area (Å²) in [4.78, 5) is 21.0. The zero-order chi connectivity index (χ0) is 15.7. The molecule has 4 N–H and O–H groups in total. The van der Waals surface area contributed by atoms with Crippen LogP contribution in [0.2, 0.25) is 0 Å². The van der Waals surface area contributed by atoms with Crippen molar-refractivity contribution in [1.29, 1.82) is 0 Å². The average Bonchev–Trinajstić information content (AvgIpc) is 2.35. The summed E-state index contributed by atoms with van der Waals surface area (Å²) in [7, 11) is 0. The van der Waals surface area contributed by atoms with Gasteiger partial charge in [0.05, 0.1) is 6.61 Å². The van der Waals surface area contributed by atoms with Crippen LogP contribution >= 0.6 is 0 Å². The van der Waals surface area contributed by atoms with E-state index >= 15 is 0 Å². The number of carbonyl (C=O) groups excluding carboxylic acids is 1. The van der Waals surface area contributed by atoms with Gasteiger partial charge in [0.25, 0.3) is 0 Å². The van der Waals surface area contributed by atoms with E-state index in [0.29, 0.717) is 0 Å². The van der Waals surface area contributed by atoms with Crippen molar-refractivity contribution in [2.24, 2.45) is 5.73 Å². The van der Waals surface area contributed by atoms with Gasteiger partial charge in [0.15, 0.2) is 0 Å². The van der Waals surface area contributed by atoms with Crippen molar-refractivity contribution in [3.8, 4) is 0 Å². The molecular weight excluding hydrogens is 250 g/mol. The van der Waals surface area contributed by atoms with Gasteiger partial charge in [0.2, 0.25) is 0 Å². The van der Waals surface area contributed by atoms with Crippen molar-refractivity contribution in [3.05, 3.63) is 25.3 Å². The van der Waals surface area contributed by atoms with Crippen LogP contribution in [-0.2, 0) is 14.3 Å². The number of aliphatic hydroxyl groups excluding tert-OH is 1. The van der Waals surface area contributed by atoms with Gasteiger partial charge >= 0.3 is 11.9 Å². The molecule has 6 heteroatoms. The van der Waals surface area contributed by atoms with Crippen molar-refractivity contribution >= 4 is 11.9 Å². The number of nitrogens with two attached hydrogens (primary N) is 1. The highest BCUT2D eigenvalue weighted by Crippen LogP contribution is 1.96. The molecule has 0 aliphatic rings. The Labute approximate surface area is 114 Å². The lowest BCUT2D eigenvalue weighted by atomic mass is 10.2. The largest absolute Gasteiger partial charge is 0.480 e. The highest BCUT2D eigenvalue weighted by atomic mass is 16.5. The lowest BCUT2D eigenvalue weighted by Gasteiger charge is -2.05. The third kappa shape index (κ3) is 26.1. The van der Waals surface area contributed by atoms with Crippen LogP contribution < -0.4 is 5.73 Å². The molecule has 0 aromatic rings. The Morgan fingerprint density at radius 3 is 2.05 bits per heavy atom. The summed E-state index contributed by atoms with van der Waals surface area (Å²) in [6.45, 7) is 10.2. The highest BCUT2D eigenvalue weighted by molar-refractivity contribution is 5.75. The first-order valence-electron chi connectivity index (χ1n) is 5.80. The van der Waals surface area contributed by atoms with Crippen LogP contribution in [0.25, 0.3) is 0 Å². The van der Waals surface area contributed by atoms with E-state index in [4.69, 9.17) is 15.9 Å². The predicted molar refractivity (Wildman–Crippen MR) is 74.6 cm³/mol. The van der Waals surface area contributed by atoms with E-state index in [9.17, 15) is 9.59 Å². The molecule has 112 valence electrons. The monoisotopic (exact) mass is 275 g/mol. The zero-order valence-electron chi connectivity index (χ0n) is 11.7. The fourth-order valence-corrected chi connectivity index (χ4v) is 0.628. The second kappa shape index (κ2) is 18.7. The van der Waals surface area contributed by atoms with E-state index in [2.05, 4.69) is 17.9 Å². The van der Waals surface area contributed by atoms with Gasteiger partial charge in [-0.05, 0) is 20.3 Å². The first-order chi connectivity index (χ1) is 8.90. The molecule has 0 spiro atoms. The van der Waals surface area contributed by atoms with Crippen molar-refractivity contribution < 1.29 is 24.5 Å². The lowest BCUT2D eigenvalue weighted by Crippen LogP contribution is -2.30. The fourth-order valence-electron chi connectivity index (χ4n) is 0.628. The molecule has 0 aromatic heterocycles. The summed E-state index contributed by atoms with van der Waals surface area (Å²) >= 11 is 0. The maximum atomic E-state index is 10.7. The Kier molecular flexibility index (Phi) is 22.2. The van der Waals surface area contributed by atoms with Crippen LogP contribution in [0, 0.1) is 0 Å². The molecule has 0 aliphatic heterocycles. The van der Waals surface area contributed by atoms with Gasteiger partial charge in [0, 0.05) is 6.42 Å². The Morgan fingerprint density at radius 2 is 1.74 bits per heavy atom. The molecule has 1 unspecified atom stereocenters. The van der Waals surface area contributed by atoms with Gasteiger partial charge in [-0.2, -0.15) is 0 Å². The Bertz CT molecular complexity index is 247. The quantitative estimate of drug-likeness (QED) is 0.494. The van der Waals surface area contributed by atoms with E-state index in [0.717, 1.165) is 0 Å². The van der Waals surface area contributed by atoms with Gasteiger partial charge in [0.1, 0.15) is 12.6 Å². The van der Waals surface area contributed by atoms with Crippen LogP contribution in [0.3, 0.4) is 0 Å². The van der Waals surface area contributed by atoms with Gasteiger partial charge in [-0.15, -0.1) is 13.2 Å². The molecule has 0 aromatic carbocycles. The van der Waals surface area contributed by atoms with Crippen LogP contribution in [0.5, 0.6) is 0 Å². The van der Waals surface area contributed by atoms with Gasteiger partial charge in [-0.3, -0.25) is 9.59 Å². The first-order valence-corrected chi connectivity index (χ1v) is 5.80. The van der Waals surface area contributed by atoms with E-state index in [1.54, 1.807) is 12.2 Å². The molecule has 0 bridgehead atoms. The number of carboxylic acids is 1. The number of carboxylic acid groups (broad SMARTS) is 1. The number of ether oxygens (including phenoxy) is 1. The summed E-state index contributed by atoms with van der Waals surface area (Å²) in [5.74, 6) is -1.69. The summed E-state index contributed by atoms with van der Waals surface area (Å²) < 4.78 is 4.48. The Balaban J connectivity index is -0.000000360. The smallest absolute Gasteiger partial charge is 0.320 e. The third-order valence-electron chi connectivity index (χ3n) is 1.33. The minimum Gasteiger partial charge on any atom is -0.480 e. The van der Waals surface area contributed by atoms with Gasteiger partial charge in [-0.1, -0.05) is 12.2 Å². The number of hydrogen-bond acceptors (Lipinski definition) is 5. The number of hydrogen-bond donors (Lipinski definition) is 3. The second-order valence-corrected chi connectivity index (χ2v) is 3.24. The molecule has 1 atom stereocenters. The number of aliphatic hydroxyl groups is 1. The normalized spacial score (nSPS) is 9.68. The maximum absolute atomic E-state index is 10.7. The minimum absolute atomic E-state index is 0.0413. The molecular formula is C13H25NO5. The van der Waals surface area contributed by atoms with E-state index in [-0.39, 0.29) is 26.1 Å². The number of rotatable bonds is 6. The number of esters is 1. The molecule has 0 saturated carbocycles. The minimum atomic E-state index is -1.14. The Hall–Kier alpha value is -1.66. The molecule has 0 fully saturated rings. The molecule has 6 nitrogen and oxygen atoms in total. The molecule has 0 aliphatic carbocycles. The van der Waals surface area contributed by atoms with E-state index in [1.807, 2.05) is 13.8 Å². The lowest BCUT2D eigenvalue weighted by molar-refractivity contribution is -0.145. The summed E-state index contributed by atoms with van der Waals surface area (Å²) in [5, 5.41) is 16.6. The van der Waals surface area contributed by atoms with Gasteiger partial charge < -0.3 is 20.7 Å². The van der Waals surface area contributed by atoms with Crippen LogP contribution in [0.4, 0.5) is 0 Å².